The summed E-state index contributed by atoms with van der Waals surface area (Å²) in [6.45, 7) is 7.39. The van der Waals surface area contributed by atoms with Crippen molar-refractivity contribution in [2.45, 2.75) is 59.5 Å². The molecular formula is C17H26N2O4. The molecule has 0 aliphatic carbocycles. The Kier molecular flexibility index (Phi) is 6.54. The third-order valence-electron chi connectivity index (χ3n) is 3.78. The number of aryl methyl sites for hydroxylation is 1. The molecular weight excluding hydrogens is 296 g/mol. The van der Waals surface area contributed by atoms with E-state index in [2.05, 4.69) is 5.32 Å². The molecule has 0 spiro atoms. The van der Waals surface area contributed by atoms with Crippen LogP contribution in [0.3, 0.4) is 0 Å². The molecule has 2 N–H and O–H groups in total. The lowest BCUT2D eigenvalue weighted by molar-refractivity contribution is -0.143. The van der Waals surface area contributed by atoms with Gasteiger partial charge in [-0.05, 0) is 38.8 Å². The molecule has 6 heteroatoms. The van der Waals surface area contributed by atoms with Gasteiger partial charge < -0.3 is 15.0 Å². The summed E-state index contributed by atoms with van der Waals surface area (Å²) in [6, 6.07) is 2.42. The van der Waals surface area contributed by atoms with Gasteiger partial charge in [0, 0.05) is 18.8 Å². The van der Waals surface area contributed by atoms with Crippen LogP contribution in [0.1, 0.15) is 45.6 Å². The molecule has 0 aliphatic rings. The zero-order chi connectivity index (χ0) is 17.6. The van der Waals surface area contributed by atoms with E-state index in [1.807, 2.05) is 13.8 Å². The first-order valence-electron chi connectivity index (χ1n) is 7.88. The number of hydrogen-bond donors (Lipinski definition) is 2. The number of nitrogens with zero attached hydrogens (tertiary/aromatic N) is 1. The Morgan fingerprint density at radius 2 is 2.04 bits per heavy atom. The average molecular weight is 322 g/mol. The Labute approximate surface area is 136 Å². The van der Waals surface area contributed by atoms with Crippen molar-refractivity contribution in [2.24, 2.45) is 5.41 Å². The largest absolute Gasteiger partial charge is 0.480 e. The highest BCUT2D eigenvalue weighted by atomic mass is 16.4. The van der Waals surface area contributed by atoms with Crippen molar-refractivity contribution in [3.8, 4) is 0 Å². The number of carbonyl (C=O) groups is 2. The second-order valence-corrected chi connectivity index (χ2v) is 6.56. The van der Waals surface area contributed by atoms with Crippen LogP contribution in [0.2, 0.25) is 0 Å². The second-order valence-electron chi connectivity index (χ2n) is 6.56. The highest BCUT2D eigenvalue weighted by Gasteiger charge is 2.31. The van der Waals surface area contributed by atoms with Gasteiger partial charge in [-0.2, -0.15) is 0 Å². The van der Waals surface area contributed by atoms with Crippen LogP contribution in [0.25, 0.3) is 0 Å². The molecule has 0 saturated carbocycles. The van der Waals surface area contributed by atoms with Crippen LogP contribution in [0.15, 0.2) is 23.1 Å². The van der Waals surface area contributed by atoms with Gasteiger partial charge in [0.25, 0.3) is 5.56 Å². The fourth-order valence-electron chi connectivity index (χ4n) is 2.25. The number of carbonyl (C=O) groups excluding carboxylic acids is 1. The van der Waals surface area contributed by atoms with Crippen molar-refractivity contribution in [1.29, 1.82) is 0 Å². The zero-order valence-electron chi connectivity index (χ0n) is 14.3. The van der Waals surface area contributed by atoms with Crippen molar-refractivity contribution < 1.29 is 14.7 Å². The summed E-state index contributed by atoms with van der Waals surface area (Å²) in [5.74, 6) is -1.40. The third kappa shape index (κ3) is 5.54. The van der Waals surface area contributed by atoms with Crippen molar-refractivity contribution in [1.82, 2.24) is 9.88 Å². The number of rotatable bonds is 8. The smallest absolute Gasteiger partial charge is 0.326 e. The maximum Gasteiger partial charge on any atom is 0.326 e. The number of hydrogen-bond acceptors (Lipinski definition) is 3. The quantitative estimate of drug-likeness (QED) is 0.765. The number of carboxylic acids is 1. The number of aliphatic carboxylic acids is 1. The first-order valence-corrected chi connectivity index (χ1v) is 7.88. The molecule has 0 fully saturated rings. The van der Waals surface area contributed by atoms with Crippen LogP contribution >= 0.6 is 0 Å². The molecule has 1 atom stereocenters. The van der Waals surface area contributed by atoms with E-state index in [1.165, 1.54) is 10.6 Å². The monoisotopic (exact) mass is 322 g/mol. The predicted octanol–water partition coefficient (Wildman–Crippen LogP) is 1.94. The lowest BCUT2D eigenvalue weighted by Crippen LogP contribution is -2.48. The van der Waals surface area contributed by atoms with Crippen molar-refractivity contribution >= 4 is 11.9 Å². The molecule has 128 valence electrons. The number of carboxylic acid groups (broad SMARTS) is 1. The van der Waals surface area contributed by atoms with E-state index in [4.69, 9.17) is 0 Å². The summed E-state index contributed by atoms with van der Waals surface area (Å²) in [5, 5.41) is 11.8. The number of aromatic nitrogens is 1. The lowest BCUT2D eigenvalue weighted by Gasteiger charge is -2.26. The maximum atomic E-state index is 12.4. The normalized spacial score (nSPS) is 12.7. The van der Waals surface area contributed by atoms with Gasteiger partial charge in [-0.15, -0.1) is 0 Å². The Bertz CT molecular complexity index is 619. The van der Waals surface area contributed by atoms with E-state index in [-0.39, 0.29) is 18.0 Å². The SMILES string of the molecule is CCCCC(NC(=O)C(C)(C)Cn1ccc(C)cc1=O)C(=O)O. The highest BCUT2D eigenvalue weighted by molar-refractivity contribution is 5.86. The number of amides is 1. The fraction of sp³-hybridized carbons (Fsp3) is 0.588. The van der Waals surface area contributed by atoms with E-state index < -0.39 is 17.4 Å². The number of unbranched alkanes of at least 4 members (excludes halogenated alkanes) is 1. The molecule has 1 rings (SSSR count). The maximum absolute atomic E-state index is 12.4. The summed E-state index contributed by atoms with van der Waals surface area (Å²) < 4.78 is 1.47. The minimum Gasteiger partial charge on any atom is -0.480 e. The summed E-state index contributed by atoms with van der Waals surface area (Å²) >= 11 is 0. The molecule has 0 bridgehead atoms. The Balaban J connectivity index is 2.83. The molecule has 1 unspecified atom stereocenters. The molecule has 1 amide bonds. The first-order chi connectivity index (χ1) is 10.7. The van der Waals surface area contributed by atoms with Gasteiger partial charge in [0.1, 0.15) is 6.04 Å². The fourth-order valence-corrected chi connectivity index (χ4v) is 2.25. The minimum atomic E-state index is -1.03. The van der Waals surface area contributed by atoms with E-state index in [1.54, 1.807) is 26.1 Å². The molecule has 0 radical (unpaired) electrons. The summed E-state index contributed by atoms with van der Waals surface area (Å²) in [4.78, 5) is 35.6. The van der Waals surface area contributed by atoms with Crippen LogP contribution < -0.4 is 10.9 Å². The van der Waals surface area contributed by atoms with Crippen molar-refractivity contribution in [3.63, 3.8) is 0 Å². The van der Waals surface area contributed by atoms with Gasteiger partial charge in [-0.25, -0.2) is 4.79 Å². The predicted molar refractivity (Wildman–Crippen MR) is 88.3 cm³/mol. The third-order valence-corrected chi connectivity index (χ3v) is 3.78. The number of nitrogens with one attached hydrogen (secondary N) is 1. The summed E-state index contributed by atoms with van der Waals surface area (Å²) in [5.41, 5.74) is -0.204. The van der Waals surface area contributed by atoms with Crippen LogP contribution in [0.4, 0.5) is 0 Å². The average Bonchev–Trinajstić information content (AvgIpc) is 2.45. The van der Waals surface area contributed by atoms with E-state index in [9.17, 15) is 19.5 Å². The van der Waals surface area contributed by atoms with Crippen molar-refractivity contribution in [3.05, 3.63) is 34.2 Å². The molecule has 0 aliphatic heterocycles. The van der Waals surface area contributed by atoms with E-state index in [0.29, 0.717) is 6.42 Å². The van der Waals surface area contributed by atoms with Crippen molar-refractivity contribution in [2.75, 3.05) is 0 Å². The lowest BCUT2D eigenvalue weighted by atomic mass is 9.91. The first kappa shape index (κ1) is 18.9. The number of pyridine rings is 1. The zero-order valence-corrected chi connectivity index (χ0v) is 14.3. The van der Waals surface area contributed by atoms with Crippen LogP contribution in [0.5, 0.6) is 0 Å². The van der Waals surface area contributed by atoms with E-state index >= 15 is 0 Å². The topological polar surface area (TPSA) is 88.4 Å². The Hall–Kier alpha value is -2.11. The highest BCUT2D eigenvalue weighted by Crippen LogP contribution is 2.18. The van der Waals surface area contributed by atoms with E-state index in [0.717, 1.165) is 18.4 Å². The van der Waals surface area contributed by atoms with Crippen LogP contribution in [-0.2, 0) is 16.1 Å². The molecule has 1 heterocycles. The van der Waals surface area contributed by atoms with Gasteiger partial charge in [0.2, 0.25) is 5.91 Å². The summed E-state index contributed by atoms with van der Waals surface area (Å²) in [7, 11) is 0. The Morgan fingerprint density at radius 3 is 2.57 bits per heavy atom. The molecule has 1 aromatic rings. The van der Waals surface area contributed by atoms with Crippen LogP contribution in [-0.4, -0.2) is 27.6 Å². The van der Waals surface area contributed by atoms with Gasteiger partial charge in [0.05, 0.1) is 5.41 Å². The summed E-state index contributed by atoms with van der Waals surface area (Å²) in [6.07, 6.45) is 3.65. The molecule has 0 aromatic carbocycles. The van der Waals surface area contributed by atoms with Gasteiger partial charge in [0.15, 0.2) is 0 Å². The molecule has 1 aromatic heterocycles. The van der Waals surface area contributed by atoms with Gasteiger partial charge in [-0.1, -0.05) is 19.8 Å². The Morgan fingerprint density at radius 1 is 1.39 bits per heavy atom. The van der Waals surface area contributed by atoms with Gasteiger partial charge >= 0.3 is 5.97 Å². The minimum absolute atomic E-state index is 0.174. The van der Waals surface area contributed by atoms with Gasteiger partial charge in [-0.3, -0.25) is 9.59 Å². The molecule has 23 heavy (non-hydrogen) atoms. The van der Waals surface area contributed by atoms with Crippen LogP contribution in [0, 0.1) is 12.3 Å². The second kappa shape index (κ2) is 7.94. The molecule has 6 nitrogen and oxygen atoms in total. The molecule has 0 saturated heterocycles. The standard InChI is InChI=1S/C17H26N2O4/c1-5-6-7-13(15(21)22)18-16(23)17(3,4)11-19-9-8-12(2)10-14(19)20/h8-10,13H,5-7,11H2,1-4H3,(H,18,23)(H,21,22).